The molecule has 0 aliphatic carbocycles. The van der Waals surface area contributed by atoms with E-state index in [4.69, 9.17) is 0 Å². The molecule has 0 radical (unpaired) electrons. The van der Waals surface area contributed by atoms with Gasteiger partial charge >= 0.3 is 6.03 Å². The second kappa shape index (κ2) is 8.34. The van der Waals surface area contributed by atoms with Crippen LogP contribution in [0.1, 0.15) is 37.1 Å². The minimum Gasteiger partial charge on any atom is -0.394 e. The Morgan fingerprint density at radius 1 is 0.913 bits per heavy atom. The molecule has 0 heterocycles. The Kier molecular flexibility index (Phi) is 6.18. The second-order valence-corrected chi connectivity index (χ2v) is 5.90. The molecule has 0 bridgehead atoms. The number of aliphatic hydroxyl groups excluding tert-OH is 1. The fourth-order valence-corrected chi connectivity index (χ4v) is 2.56. The lowest BCUT2D eigenvalue weighted by molar-refractivity contribution is 0.211. The summed E-state index contributed by atoms with van der Waals surface area (Å²) in [5, 5.41) is 15.4. The van der Waals surface area contributed by atoms with E-state index < -0.39 is 6.04 Å². The minimum absolute atomic E-state index is 0.0775. The molecule has 2 amide bonds. The number of amides is 2. The van der Waals surface area contributed by atoms with Crippen molar-refractivity contribution in [3.05, 3.63) is 71.8 Å². The molecule has 2 aromatic carbocycles. The SMILES string of the molecule is CC(C)C(NC(=O)NC(CO)c1ccccc1)c1ccccc1. The largest absolute Gasteiger partial charge is 0.394 e. The van der Waals surface area contributed by atoms with Crippen LogP contribution >= 0.6 is 0 Å². The Labute approximate surface area is 137 Å². The fourth-order valence-electron chi connectivity index (χ4n) is 2.56. The second-order valence-electron chi connectivity index (χ2n) is 5.90. The van der Waals surface area contributed by atoms with E-state index >= 15 is 0 Å². The summed E-state index contributed by atoms with van der Waals surface area (Å²) in [7, 11) is 0. The number of nitrogens with one attached hydrogen (secondary N) is 2. The van der Waals surface area contributed by atoms with Crippen LogP contribution in [0.15, 0.2) is 60.7 Å². The number of benzene rings is 2. The van der Waals surface area contributed by atoms with Crippen LogP contribution in [0.2, 0.25) is 0 Å². The summed E-state index contributed by atoms with van der Waals surface area (Å²) in [6.07, 6.45) is 0. The minimum atomic E-state index is -0.417. The number of aliphatic hydroxyl groups is 1. The third-order valence-corrected chi connectivity index (χ3v) is 3.80. The molecule has 4 heteroatoms. The van der Waals surface area contributed by atoms with Crippen LogP contribution in [0, 0.1) is 5.92 Å². The first-order chi connectivity index (χ1) is 11.1. The van der Waals surface area contributed by atoms with Gasteiger partial charge in [0.05, 0.1) is 18.7 Å². The van der Waals surface area contributed by atoms with E-state index in [0.29, 0.717) is 0 Å². The average molecular weight is 312 g/mol. The van der Waals surface area contributed by atoms with Crippen molar-refractivity contribution in [3.8, 4) is 0 Å². The van der Waals surface area contributed by atoms with Gasteiger partial charge in [0.15, 0.2) is 0 Å². The van der Waals surface area contributed by atoms with Gasteiger partial charge in [-0.05, 0) is 17.0 Å². The smallest absolute Gasteiger partial charge is 0.315 e. The molecule has 0 aliphatic heterocycles. The van der Waals surface area contributed by atoms with Crippen LogP contribution in [0.5, 0.6) is 0 Å². The highest BCUT2D eigenvalue weighted by Gasteiger charge is 2.20. The maximum atomic E-state index is 12.3. The summed E-state index contributed by atoms with van der Waals surface area (Å²) in [4.78, 5) is 12.3. The highest BCUT2D eigenvalue weighted by atomic mass is 16.3. The molecule has 0 saturated carbocycles. The van der Waals surface area contributed by atoms with E-state index in [-0.39, 0.29) is 24.6 Å². The fraction of sp³-hybridized carbons (Fsp3) is 0.316. The van der Waals surface area contributed by atoms with Gasteiger partial charge in [0, 0.05) is 0 Å². The van der Waals surface area contributed by atoms with Crippen LogP contribution in [0.3, 0.4) is 0 Å². The van der Waals surface area contributed by atoms with Crippen molar-refractivity contribution in [1.82, 2.24) is 10.6 Å². The zero-order chi connectivity index (χ0) is 16.7. The van der Waals surface area contributed by atoms with E-state index in [1.165, 1.54) is 0 Å². The van der Waals surface area contributed by atoms with Gasteiger partial charge in [-0.25, -0.2) is 4.79 Å². The van der Waals surface area contributed by atoms with Crippen molar-refractivity contribution in [2.75, 3.05) is 6.61 Å². The maximum absolute atomic E-state index is 12.3. The summed E-state index contributed by atoms with van der Waals surface area (Å²) in [6, 6.07) is 18.6. The molecule has 122 valence electrons. The summed E-state index contributed by atoms with van der Waals surface area (Å²) in [5.74, 6) is 0.257. The van der Waals surface area contributed by atoms with Gasteiger partial charge in [-0.3, -0.25) is 0 Å². The summed E-state index contributed by atoms with van der Waals surface area (Å²) in [5.41, 5.74) is 1.95. The van der Waals surface area contributed by atoms with Gasteiger partial charge in [-0.15, -0.1) is 0 Å². The molecule has 3 N–H and O–H groups in total. The first-order valence-electron chi connectivity index (χ1n) is 7.89. The van der Waals surface area contributed by atoms with Crippen molar-refractivity contribution in [1.29, 1.82) is 0 Å². The molecular formula is C19H24N2O2. The van der Waals surface area contributed by atoms with E-state index in [9.17, 15) is 9.90 Å². The molecule has 23 heavy (non-hydrogen) atoms. The van der Waals surface area contributed by atoms with Crippen LogP contribution in [-0.2, 0) is 0 Å². The van der Waals surface area contributed by atoms with Crippen LogP contribution in [0.4, 0.5) is 4.79 Å². The predicted octanol–water partition coefficient (Wildman–Crippen LogP) is 3.42. The molecule has 4 nitrogen and oxygen atoms in total. The molecule has 2 aromatic rings. The first-order valence-corrected chi connectivity index (χ1v) is 7.89. The zero-order valence-corrected chi connectivity index (χ0v) is 13.6. The van der Waals surface area contributed by atoms with Crippen molar-refractivity contribution in [3.63, 3.8) is 0 Å². The molecule has 0 fully saturated rings. The Balaban J connectivity index is 2.04. The first kappa shape index (κ1) is 17.0. The van der Waals surface area contributed by atoms with E-state index in [2.05, 4.69) is 24.5 Å². The standard InChI is InChI=1S/C19H24N2O2/c1-14(2)18(16-11-7-4-8-12-16)21-19(23)20-17(13-22)15-9-5-3-6-10-15/h3-12,14,17-18,22H,13H2,1-2H3,(H2,20,21,23). The van der Waals surface area contributed by atoms with Crippen molar-refractivity contribution in [2.24, 2.45) is 5.92 Å². The Bertz CT molecular complexity index is 599. The molecule has 0 saturated heterocycles. The van der Waals surface area contributed by atoms with Gasteiger partial charge in [0.2, 0.25) is 0 Å². The Morgan fingerprint density at radius 2 is 1.43 bits per heavy atom. The lowest BCUT2D eigenvalue weighted by Crippen LogP contribution is -2.42. The van der Waals surface area contributed by atoms with Crippen LogP contribution in [-0.4, -0.2) is 17.7 Å². The topological polar surface area (TPSA) is 61.4 Å². The van der Waals surface area contributed by atoms with E-state index in [0.717, 1.165) is 11.1 Å². The molecule has 0 aliphatic rings. The zero-order valence-electron chi connectivity index (χ0n) is 13.6. The molecule has 2 rings (SSSR count). The van der Waals surface area contributed by atoms with Gasteiger partial charge in [0.1, 0.15) is 0 Å². The Morgan fingerprint density at radius 3 is 1.91 bits per heavy atom. The van der Waals surface area contributed by atoms with Crippen LogP contribution < -0.4 is 10.6 Å². The van der Waals surface area contributed by atoms with Gasteiger partial charge in [-0.1, -0.05) is 74.5 Å². The monoisotopic (exact) mass is 312 g/mol. The number of urea groups is 1. The van der Waals surface area contributed by atoms with Crippen LogP contribution in [0.25, 0.3) is 0 Å². The third-order valence-electron chi connectivity index (χ3n) is 3.80. The lowest BCUT2D eigenvalue weighted by Gasteiger charge is -2.25. The van der Waals surface area contributed by atoms with Crippen molar-refractivity contribution >= 4 is 6.03 Å². The number of carbonyl (C=O) groups excluding carboxylic acids is 1. The molecule has 0 spiro atoms. The van der Waals surface area contributed by atoms with Gasteiger partial charge in [-0.2, -0.15) is 0 Å². The summed E-state index contributed by atoms with van der Waals surface area (Å²) < 4.78 is 0. The summed E-state index contributed by atoms with van der Waals surface area (Å²) in [6.45, 7) is 3.99. The van der Waals surface area contributed by atoms with E-state index in [1.807, 2.05) is 60.7 Å². The maximum Gasteiger partial charge on any atom is 0.315 e. The Hall–Kier alpha value is -2.33. The third kappa shape index (κ3) is 4.83. The van der Waals surface area contributed by atoms with E-state index in [1.54, 1.807) is 0 Å². The normalized spacial score (nSPS) is 13.4. The number of carbonyl (C=O) groups is 1. The molecule has 2 atom stereocenters. The van der Waals surface area contributed by atoms with Crippen molar-refractivity contribution < 1.29 is 9.90 Å². The molecule has 2 unspecified atom stereocenters. The number of rotatable bonds is 6. The average Bonchev–Trinajstić information content (AvgIpc) is 2.59. The highest BCUT2D eigenvalue weighted by Crippen LogP contribution is 2.21. The van der Waals surface area contributed by atoms with Gasteiger partial charge in [0.25, 0.3) is 0 Å². The highest BCUT2D eigenvalue weighted by molar-refractivity contribution is 5.75. The van der Waals surface area contributed by atoms with Gasteiger partial charge < -0.3 is 15.7 Å². The van der Waals surface area contributed by atoms with Crippen molar-refractivity contribution in [2.45, 2.75) is 25.9 Å². The summed E-state index contributed by atoms with van der Waals surface area (Å²) >= 11 is 0. The quantitative estimate of drug-likeness (QED) is 0.765. The number of hydrogen-bond acceptors (Lipinski definition) is 2. The number of hydrogen-bond donors (Lipinski definition) is 3. The molecular weight excluding hydrogens is 288 g/mol. The molecule has 0 aromatic heterocycles. The lowest BCUT2D eigenvalue weighted by atomic mass is 9.96. The predicted molar refractivity (Wildman–Crippen MR) is 92.0 cm³/mol.